The molecule has 0 saturated heterocycles. The van der Waals surface area contributed by atoms with Crippen LogP contribution in [-0.4, -0.2) is 24.0 Å². The summed E-state index contributed by atoms with van der Waals surface area (Å²) >= 11 is 0. The number of ether oxygens (including phenoxy) is 1. The van der Waals surface area contributed by atoms with E-state index in [2.05, 4.69) is 5.32 Å². The van der Waals surface area contributed by atoms with Crippen molar-refractivity contribution in [3.63, 3.8) is 0 Å². The minimum Gasteiger partial charge on any atom is -0.456 e. The highest BCUT2D eigenvalue weighted by atomic mass is 16.5. The molecule has 6 rings (SSSR count). The minimum absolute atomic E-state index is 0.0167. The van der Waals surface area contributed by atoms with Crippen LogP contribution >= 0.6 is 0 Å². The number of carbonyl (C=O) groups excluding carboxylic acids is 2. The molecule has 1 N–H and O–H groups in total. The molecule has 0 aromatic carbocycles. The van der Waals surface area contributed by atoms with Gasteiger partial charge in [-0.3, -0.25) is 9.59 Å². The van der Waals surface area contributed by atoms with E-state index in [9.17, 15) is 9.59 Å². The Bertz CT molecular complexity index is 536. The maximum atomic E-state index is 12.4. The molecule has 6 aliphatic carbocycles. The highest BCUT2D eigenvalue weighted by molar-refractivity contribution is 5.81. The van der Waals surface area contributed by atoms with Gasteiger partial charge in [0, 0.05) is 12.0 Å². The number of esters is 1. The maximum absolute atomic E-state index is 12.4. The van der Waals surface area contributed by atoms with Gasteiger partial charge in [0.05, 0.1) is 0 Å². The Kier molecular flexibility index (Phi) is 3.87. The predicted octanol–water partition coefficient (Wildman–Crippen LogP) is 3.44. The molecule has 0 spiro atoms. The quantitative estimate of drug-likeness (QED) is 0.777. The van der Waals surface area contributed by atoms with Crippen LogP contribution in [0.5, 0.6) is 0 Å². The molecule has 1 amide bonds. The fourth-order valence-electron chi connectivity index (χ4n) is 7.64. The van der Waals surface area contributed by atoms with Gasteiger partial charge in [-0.2, -0.15) is 0 Å². The Labute approximate surface area is 150 Å². The van der Waals surface area contributed by atoms with Crippen LogP contribution < -0.4 is 5.32 Å². The molecule has 0 aromatic heterocycles. The topological polar surface area (TPSA) is 55.4 Å². The first-order valence-electron chi connectivity index (χ1n) is 10.5. The summed E-state index contributed by atoms with van der Waals surface area (Å²) in [5.74, 6) is 4.28. The van der Waals surface area contributed by atoms with Gasteiger partial charge in [0.15, 0.2) is 6.61 Å². The largest absolute Gasteiger partial charge is 0.456 e. The highest BCUT2D eigenvalue weighted by Gasteiger charge is 2.51. The summed E-state index contributed by atoms with van der Waals surface area (Å²) in [6.07, 6.45) is 13.2. The average Bonchev–Trinajstić information content (AvgIpc) is 3.14. The van der Waals surface area contributed by atoms with Crippen molar-refractivity contribution >= 4 is 11.9 Å². The molecule has 4 nitrogen and oxygen atoms in total. The summed E-state index contributed by atoms with van der Waals surface area (Å²) in [6, 6.07) is 0. The first-order valence-corrected chi connectivity index (χ1v) is 10.5. The number of carbonyl (C=O) groups is 2. The van der Waals surface area contributed by atoms with E-state index in [0.717, 1.165) is 48.9 Å². The van der Waals surface area contributed by atoms with Gasteiger partial charge in [-0.05, 0) is 93.3 Å². The molecule has 3 atom stereocenters. The minimum atomic E-state index is -0.168. The van der Waals surface area contributed by atoms with Crippen LogP contribution in [0, 0.1) is 35.5 Å². The van der Waals surface area contributed by atoms with Crippen molar-refractivity contribution in [2.45, 2.75) is 76.2 Å². The van der Waals surface area contributed by atoms with E-state index in [1.54, 1.807) is 0 Å². The van der Waals surface area contributed by atoms with Crippen LogP contribution in [0.15, 0.2) is 0 Å². The third kappa shape index (κ3) is 3.10. The van der Waals surface area contributed by atoms with Gasteiger partial charge in [-0.15, -0.1) is 0 Å². The van der Waals surface area contributed by atoms with Crippen molar-refractivity contribution in [2.24, 2.45) is 35.5 Å². The molecule has 25 heavy (non-hydrogen) atoms. The normalized spacial score (nSPS) is 46.4. The van der Waals surface area contributed by atoms with Crippen molar-refractivity contribution in [2.75, 3.05) is 6.61 Å². The van der Waals surface area contributed by atoms with Crippen molar-refractivity contribution in [1.29, 1.82) is 0 Å². The molecular formula is C21H31NO3. The van der Waals surface area contributed by atoms with Gasteiger partial charge in [0.2, 0.25) is 0 Å². The molecule has 0 unspecified atom stereocenters. The molecule has 0 heterocycles. The second-order valence-electron chi connectivity index (χ2n) is 10.0. The van der Waals surface area contributed by atoms with Gasteiger partial charge in [-0.1, -0.05) is 6.42 Å². The summed E-state index contributed by atoms with van der Waals surface area (Å²) in [7, 11) is 0. The van der Waals surface area contributed by atoms with Crippen molar-refractivity contribution in [3.8, 4) is 0 Å². The van der Waals surface area contributed by atoms with Crippen molar-refractivity contribution in [1.82, 2.24) is 5.32 Å². The Morgan fingerprint density at radius 1 is 0.880 bits per heavy atom. The van der Waals surface area contributed by atoms with E-state index in [0.29, 0.717) is 12.3 Å². The number of amides is 1. The van der Waals surface area contributed by atoms with Crippen LogP contribution in [0.25, 0.3) is 0 Å². The zero-order chi connectivity index (χ0) is 17.0. The summed E-state index contributed by atoms with van der Waals surface area (Å²) in [4.78, 5) is 24.6. The summed E-state index contributed by atoms with van der Waals surface area (Å²) in [5.41, 5.74) is 0.0167. The molecule has 6 aliphatic rings. The number of fused-ring (bicyclic) bond motifs is 2. The van der Waals surface area contributed by atoms with Gasteiger partial charge >= 0.3 is 5.97 Å². The van der Waals surface area contributed by atoms with E-state index in [1.807, 2.05) is 0 Å². The van der Waals surface area contributed by atoms with Crippen LogP contribution in [-0.2, 0) is 14.3 Å². The van der Waals surface area contributed by atoms with Gasteiger partial charge in [-0.25, -0.2) is 0 Å². The molecule has 6 fully saturated rings. The fourth-order valence-corrected chi connectivity index (χ4v) is 7.64. The second kappa shape index (κ2) is 5.99. The molecule has 138 valence electrons. The fraction of sp³-hybridized carbons (Fsp3) is 0.905. The zero-order valence-corrected chi connectivity index (χ0v) is 15.2. The molecule has 0 radical (unpaired) electrons. The molecule has 0 aliphatic heterocycles. The van der Waals surface area contributed by atoms with E-state index < -0.39 is 0 Å². The van der Waals surface area contributed by atoms with E-state index >= 15 is 0 Å². The first kappa shape index (κ1) is 16.1. The molecule has 6 saturated carbocycles. The van der Waals surface area contributed by atoms with Gasteiger partial charge in [0.25, 0.3) is 5.91 Å². The van der Waals surface area contributed by atoms with Crippen LogP contribution in [0.1, 0.15) is 70.6 Å². The lowest BCUT2D eigenvalue weighted by atomic mass is 9.53. The Balaban J connectivity index is 1.10. The lowest BCUT2D eigenvalue weighted by molar-refractivity contribution is -0.151. The van der Waals surface area contributed by atoms with Gasteiger partial charge in [0.1, 0.15) is 0 Å². The monoisotopic (exact) mass is 345 g/mol. The average molecular weight is 345 g/mol. The van der Waals surface area contributed by atoms with E-state index in [4.69, 9.17) is 4.74 Å². The maximum Gasteiger partial charge on any atom is 0.306 e. The summed E-state index contributed by atoms with van der Waals surface area (Å²) < 4.78 is 5.34. The van der Waals surface area contributed by atoms with E-state index in [1.165, 1.54) is 44.9 Å². The first-order chi connectivity index (χ1) is 12.1. The number of hydrogen-bond acceptors (Lipinski definition) is 3. The van der Waals surface area contributed by atoms with Crippen LogP contribution in [0.4, 0.5) is 0 Å². The summed E-state index contributed by atoms with van der Waals surface area (Å²) in [6.45, 7) is -0.0819. The van der Waals surface area contributed by atoms with Crippen LogP contribution in [0.2, 0.25) is 0 Å². The molecular weight excluding hydrogens is 314 g/mol. The molecule has 4 heteroatoms. The lowest BCUT2D eigenvalue weighted by Gasteiger charge is -2.56. The van der Waals surface area contributed by atoms with Crippen molar-refractivity contribution in [3.05, 3.63) is 0 Å². The van der Waals surface area contributed by atoms with Crippen LogP contribution in [0.3, 0.4) is 0 Å². The second-order valence-corrected chi connectivity index (χ2v) is 10.0. The standard InChI is InChI=1S/C21H31NO3/c23-19(12-25-20(24)8-18-7-13-1-2-17(18)6-13)22-21-9-14-3-15(10-21)5-16(4-14)11-21/h13-18H,1-12H2,(H,22,23)/t13-,14?,15?,16?,17+,18-,21?/m1/s1. The smallest absolute Gasteiger partial charge is 0.306 e. The zero-order valence-electron chi connectivity index (χ0n) is 15.2. The molecule has 0 aromatic rings. The SMILES string of the molecule is O=C(COC(=O)C[C@H]1C[C@@H]2CC[C@H]1C2)NC12CC3CC(CC(C3)C1)C2. The number of nitrogens with one attached hydrogen (secondary N) is 1. The Morgan fingerprint density at radius 2 is 1.56 bits per heavy atom. The summed E-state index contributed by atoms with van der Waals surface area (Å²) in [5, 5.41) is 3.28. The van der Waals surface area contributed by atoms with E-state index in [-0.39, 0.29) is 24.0 Å². The Hall–Kier alpha value is -1.06. The lowest BCUT2D eigenvalue weighted by Crippen LogP contribution is -2.60. The number of rotatable bonds is 5. The highest BCUT2D eigenvalue weighted by Crippen LogP contribution is 2.55. The number of hydrogen-bond donors (Lipinski definition) is 1. The predicted molar refractivity (Wildman–Crippen MR) is 93.6 cm³/mol. The third-order valence-electron chi connectivity index (χ3n) is 8.12. The Morgan fingerprint density at radius 3 is 2.12 bits per heavy atom. The third-order valence-corrected chi connectivity index (χ3v) is 8.12. The molecule has 6 bridgehead atoms. The van der Waals surface area contributed by atoms with Gasteiger partial charge < -0.3 is 10.1 Å². The van der Waals surface area contributed by atoms with Crippen molar-refractivity contribution < 1.29 is 14.3 Å².